The van der Waals surface area contributed by atoms with E-state index in [2.05, 4.69) is 5.32 Å². The van der Waals surface area contributed by atoms with Gasteiger partial charge in [-0.1, -0.05) is 60.7 Å². The van der Waals surface area contributed by atoms with Crippen LogP contribution >= 0.6 is 0 Å². The standard InChI is InChI=1S/C23H18N2O4/c1-15-8-7-12-18(22(15)25(27)28)23(26)24-21(16-9-3-2-4-10-16)20-14-17-11-5-6-13-19(17)29-20/h2-14,21H,1H3,(H,24,26)/t21-/m1/s1. The molecule has 0 bridgehead atoms. The lowest BCUT2D eigenvalue weighted by Crippen LogP contribution is -2.29. The highest BCUT2D eigenvalue weighted by atomic mass is 16.6. The molecule has 0 unspecified atom stereocenters. The summed E-state index contributed by atoms with van der Waals surface area (Å²) in [5.41, 5.74) is 1.78. The summed E-state index contributed by atoms with van der Waals surface area (Å²) < 4.78 is 5.97. The molecule has 29 heavy (non-hydrogen) atoms. The number of aryl methyl sites for hydroxylation is 1. The lowest BCUT2D eigenvalue weighted by Gasteiger charge is -2.17. The van der Waals surface area contributed by atoms with E-state index in [0.29, 0.717) is 16.9 Å². The van der Waals surface area contributed by atoms with Gasteiger partial charge in [0.2, 0.25) is 0 Å². The number of carbonyl (C=O) groups is 1. The highest BCUT2D eigenvalue weighted by molar-refractivity contribution is 5.99. The van der Waals surface area contributed by atoms with Crippen molar-refractivity contribution in [1.29, 1.82) is 0 Å². The average molecular weight is 386 g/mol. The minimum Gasteiger partial charge on any atom is -0.459 e. The number of benzene rings is 3. The Morgan fingerprint density at radius 3 is 2.45 bits per heavy atom. The normalized spacial score (nSPS) is 11.9. The van der Waals surface area contributed by atoms with Gasteiger partial charge in [-0.3, -0.25) is 14.9 Å². The van der Waals surface area contributed by atoms with Crippen molar-refractivity contribution < 1.29 is 14.1 Å². The molecule has 0 saturated heterocycles. The van der Waals surface area contributed by atoms with Crippen LogP contribution in [0.15, 0.2) is 83.3 Å². The van der Waals surface area contributed by atoms with Crippen molar-refractivity contribution in [3.8, 4) is 0 Å². The third-order valence-electron chi connectivity index (χ3n) is 4.80. The Kier molecular flexibility index (Phi) is 4.83. The van der Waals surface area contributed by atoms with E-state index in [-0.39, 0.29) is 11.3 Å². The van der Waals surface area contributed by atoms with Gasteiger partial charge >= 0.3 is 0 Å². The van der Waals surface area contributed by atoms with Gasteiger partial charge in [-0.05, 0) is 30.7 Å². The number of fused-ring (bicyclic) bond motifs is 1. The smallest absolute Gasteiger partial charge is 0.285 e. The van der Waals surface area contributed by atoms with E-state index in [1.54, 1.807) is 19.1 Å². The summed E-state index contributed by atoms with van der Waals surface area (Å²) in [4.78, 5) is 24.0. The molecule has 0 fully saturated rings. The van der Waals surface area contributed by atoms with Crippen molar-refractivity contribution in [2.24, 2.45) is 0 Å². The monoisotopic (exact) mass is 386 g/mol. The third kappa shape index (κ3) is 3.60. The maximum absolute atomic E-state index is 13.0. The van der Waals surface area contributed by atoms with E-state index in [9.17, 15) is 14.9 Å². The summed E-state index contributed by atoms with van der Waals surface area (Å²) in [6, 6.07) is 22.9. The zero-order valence-corrected chi connectivity index (χ0v) is 15.7. The molecule has 1 aromatic heterocycles. The maximum Gasteiger partial charge on any atom is 0.285 e. The number of hydrogen-bond donors (Lipinski definition) is 1. The predicted octanol–water partition coefficient (Wildman–Crippen LogP) is 5.17. The molecule has 4 aromatic rings. The molecule has 144 valence electrons. The first-order valence-electron chi connectivity index (χ1n) is 9.13. The average Bonchev–Trinajstić information content (AvgIpc) is 3.16. The number of para-hydroxylation sites is 2. The number of nitrogens with one attached hydrogen (secondary N) is 1. The number of nitro benzene ring substituents is 1. The van der Waals surface area contributed by atoms with Crippen molar-refractivity contribution >= 4 is 22.6 Å². The summed E-state index contributed by atoms with van der Waals surface area (Å²) in [6.45, 7) is 1.61. The maximum atomic E-state index is 13.0. The molecule has 1 N–H and O–H groups in total. The summed E-state index contributed by atoms with van der Waals surface area (Å²) in [5.74, 6) is 0.0239. The van der Waals surface area contributed by atoms with E-state index in [1.807, 2.05) is 60.7 Å². The summed E-state index contributed by atoms with van der Waals surface area (Å²) >= 11 is 0. The van der Waals surface area contributed by atoms with Crippen LogP contribution in [0, 0.1) is 17.0 Å². The number of amides is 1. The fourth-order valence-corrected chi connectivity index (χ4v) is 3.40. The third-order valence-corrected chi connectivity index (χ3v) is 4.80. The Labute approximate surface area is 166 Å². The van der Waals surface area contributed by atoms with Crippen molar-refractivity contribution in [3.63, 3.8) is 0 Å². The van der Waals surface area contributed by atoms with Gasteiger partial charge < -0.3 is 9.73 Å². The zero-order chi connectivity index (χ0) is 20.4. The molecule has 0 radical (unpaired) electrons. The molecule has 1 heterocycles. The molecular weight excluding hydrogens is 368 g/mol. The number of nitrogens with zero attached hydrogens (tertiary/aromatic N) is 1. The highest BCUT2D eigenvalue weighted by Crippen LogP contribution is 2.30. The van der Waals surface area contributed by atoms with E-state index in [0.717, 1.165) is 10.9 Å². The summed E-state index contributed by atoms with van der Waals surface area (Å²) in [7, 11) is 0. The minimum absolute atomic E-state index is 0.0204. The zero-order valence-electron chi connectivity index (χ0n) is 15.7. The van der Waals surface area contributed by atoms with E-state index >= 15 is 0 Å². The fourth-order valence-electron chi connectivity index (χ4n) is 3.40. The van der Waals surface area contributed by atoms with Crippen molar-refractivity contribution in [2.45, 2.75) is 13.0 Å². The predicted molar refractivity (Wildman–Crippen MR) is 110 cm³/mol. The molecule has 0 aliphatic rings. The molecular formula is C23H18N2O4. The molecule has 6 nitrogen and oxygen atoms in total. The number of carbonyl (C=O) groups excluding carboxylic acids is 1. The first kappa shape index (κ1) is 18.4. The number of nitro groups is 1. The van der Waals surface area contributed by atoms with Crippen LogP contribution in [-0.2, 0) is 0 Å². The molecule has 1 amide bonds. The van der Waals surface area contributed by atoms with Gasteiger partial charge in [-0.25, -0.2) is 0 Å². The quantitative estimate of drug-likeness (QED) is 0.379. The van der Waals surface area contributed by atoms with Gasteiger partial charge in [0.05, 0.1) is 4.92 Å². The van der Waals surface area contributed by atoms with Gasteiger partial charge in [0.1, 0.15) is 22.9 Å². The van der Waals surface area contributed by atoms with Crippen molar-refractivity contribution in [1.82, 2.24) is 5.32 Å². The van der Waals surface area contributed by atoms with Gasteiger partial charge in [0, 0.05) is 10.9 Å². The Morgan fingerprint density at radius 2 is 1.72 bits per heavy atom. The highest BCUT2D eigenvalue weighted by Gasteiger charge is 2.27. The van der Waals surface area contributed by atoms with Crippen LogP contribution in [0.5, 0.6) is 0 Å². The Balaban J connectivity index is 1.76. The Hall–Kier alpha value is -3.93. The second-order valence-electron chi connectivity index (χ2n) is 6.73. The van der Waals surface area contributed by atoms with Crippen LogP contribution in [-0.4, -0.2) is 10.8 Å². The van der Waals surface area contributed by atoms with Crippen molar-refractivity contribution in [3.05, 3.63) is 111 Å². The number of hydrogen-bond acceptors (Lipinski definition) is 4. The minimum atomic E-state index is -0.587. The molecule has 0 aliphatic heterocycles. The molecule has 0 aliphatic carbocycles. The van der Waals surface area contributed by atoms with Crippen LogP contribution in [0.25, 0.3) is 11.0 Å². The van der Waals surface area contributed by atoms with Crippen LogP contribution < -0.4 is 5.32 Å². The van der Waals surface area contributed by atoms with Crippen LogP contribution in [0.1, 0.15) is 33.3 Å². The van der Waals surface area contributed by atoms with Gasteiger partial charge in [-0.15, -0.1) is 0 Å². The fraction of sp³-hybridized carbons (Fsp3) is 0.0870. The first-order valence-corrected chi connectivity index (χ1v) is 9.13. The SMILES string of the molecule is Cc1cccc(C(=O)N[C@H](c2ccccc2)c2cc3ccccc3o2)c1[N+](=O)[O-]. The van der Waals surface area contributed by atoms with Crippen LogP contribution in [0.2, 0.25) is 0 Å². The van der Waals surface area contributed by atoms with Gasteiger partial charge in [-0.2, -0.15) is 0 Å². The van der Waals surface area contributed by atoms with E-state index < -0.39 is 16.9 Å². The largest absolute Gasteiger partial charge is 0.459 e. The molecule has 0 spiro atoms. The Bertz CT molecular complexity index is 1160. The summed E-state index contributed by atoms with van der Waals surface area (Å²) in [5, 5.41) is 15.3. The molecule has 4 rings (SSSR count). The van der Waals surface area contributed by atoms with Crippen LogP contribution in [0.3, 0.4) is 0 Å². The molecule has 1 atom stereocenters. The molecule has 3 aromatic carbocycles. The first-order chi connectivity index (χ1) is 14.0. The second kappa shape index (κ2) is 7.59. The second-order valence-corrected chi connectivity index (χ2v) is 6.73. The molecule has 6 heteroatoms. The summed E-state index contributed by atoms with van der Waals surface area (Å²) in [6.07, 6.45) is 0. The lowest BCUT2D eigenvalue weighted by molar-refractivity contribution is -0.385. The molecule has 0 saturated carbocycles. The van der Waals surface area contributed by atoms with Crippen molar-refractivity contribution in [2.75, 3.05) is 0 Å². The van der Waals surface area contributed by atoms with E-state index in [1.165, 1.54) is 6.07 Å². The number of furan rings is 1. The Morgan fingerprint density at radius 1 is 1.00 bits per heavy atom. The topological polar surface area (TPSA) is 85.4 Å². The lowest BCUT2D eigenvalue weighted by atomic mass is 10.0. The van der Waals surface area contributed by atoms with Gasteiger partial charge in [0.15, 0.2) is 0 Å². The van der Waals surface area contributed by atoms with E-state index in [4.69, 9.17) is 4.42 Å². The van der Waals surface area contributed by atoms with Crippen LogP contribution in [0.4, 0.5) is 5.69 Å². The van der Waals surface area contributed by atoms with Gasteiger partial charge in [0.25, 0.3) is 11.6 Å². The number of rotatable bonds is 5.